The fraction of sp³-hybridized carbons (Fsp3) is 0.455. The van der Waals surface area contributed by atoms with Gasteiger partial charge in [0, 0.05) is 25.2 Å². The molecule has 3 nitrogen and oxygen atoms in total. The minimum absolute atomic E-state index is 0.237. The van der Waals surface area contributed by atoms with Crippen LogP contribution >= 0.6 is 12.2 Å². The van der Waals surface area contributed by atoms with Crippen molar-refractivity contribution in [1.82, 2.24) is 9.88 Å². The first kappa shape index (κ1) is 13.0. The highest BCUT2D eigenvalue weighted by Gasteiger charge is 2.11. The van der Waals surface area contributed by atoms with Gasteiger partial charge in [0.05, 0.1) is 11.2 Å². The minimum atomic E-state index is -0.312. The van der Waals surface area contributed by atoms with Gasteiger partial charge in [0.1, 0.15) is 5.82 Å². The summed E-state index contributed by atoms with van der Waals surface area (Å²) < 4.78 is 12.9. The molecule has 0 aliphatic heterocycles. The summed E-state index contributed by atoms with van der Waals surface area (Å²) in [6.07, 6.45) is 3.52. The molecular formula is C11H16FN3S. The third kappa shape index (κ3) is 4.20. The first-order valence-corrected chi connectivity index (χ1v) is 5.48. The summed E-state index contributed by atoms with van der Waals surface area (Å²) >= 11 is 4.86. The van der Waals surface area contributed by atoms with Gasteiger partial charge in [0.25, 0.3) is 0 Å². The molecule has 1 aromatic rings. The van der Waals surface area contributed by atoms with Crippen LogP contribution in [0.15, 0.2) is 18.5 Å². The summed E-state index contributed by atoms with van der Waals surface area (Å²) in [5.41, 5.74) is 6.33. The van der Waals surface area contributed by atoms with Gasteiger partial charge in [-0.05, 0) is 25.6 Å². The van der Waals surface area contributed by atoms with Crippen molar-refractivity contribution >= 4 is 17.2 Å². The molecule has 1 rings (SSSR count). The third-order valence-corrected chi connectivity index (χ3v) is 2.61. The van der Waals surface area contributed by atoms with Crippen LogP contribution in [-0.2, 0) is 6.54 Å². The van der Waals surface area contributed by atoms with Gasteiger partial charge in [-0.25, -0.2) is 4.39 Å². The van der Waals surface area contributed by atoms with Gasteiger partial charge < -0.3 is 5.73 Å². The number of thiocarbonyl (C=S) groups is 1. The van der Waals surface area contributed by atoms with E-state index in [2.05, 4.69) is 9.88 Å². The van der Waals surface area contributed by atoms with Crippen LogP contribution in [0.2, 0.25) is 0 Å². The monoisotopic (exact) mass is 241 g/mol. The zero-order valence-electron chi connectivity index (χ0n) is 9.48. The number of nitrogens with zero attached hydrogens (tertiary/aromatic N) is 2. The van der Waals surface area contributed by atoms with E-state index in [1.165, 1.54) is 12.3 Å². The number of pyridine rings is 1. The van der Waals surface area contributed by atoms with Gasteiger partial charge >= 0.3 is 0 Å². The minimum Gasteiger partial charge on any atom is -0.393 e. The van der Waals surface area contributed by atoms with Crippen LogP contribution in [0.3, 0.4) is 0 Å². The van der Waals surface area contributed by atoms with Gasteiger partial charge in [-0.15, -0.1) is 0 Å². The summed E-state index contributed by atoms with van der Waals surface area (Å²) in [6, 6.07) is 1.72. The van der Waals surface area contributed by atoms with Crippen molar-refractivity contribution in [2.24, 2.45) is 5.73 Å². The van der Waals surface area contributed by atoms with Gasteiger partial charge in [-0.2, -0.15) is 0 Å². The highest BCUT2D eigenvalue weighted by molar-refractivity contribution is 7.80. The van der Waals surface area contributed by atoms with Crippen LogP contribution in [-0.4, -0.2) is 28.0 Å². The third-order valence-electron chi connectivity index (χ3n) is 2.44. The highest BCUT2D eigenvalue weighted by atomic mass is 32.1. The average molecular weight is 241 g/mol. The molecule has 5 heteroatoms. The maximum atomic E-state index is 12.9. The number of rotatable bonds is 5. The Balaban J connectivity index is 2.56. The Labute approximate surface area is 100 Å². The van der Waals surface area contributed by atoms with Crippen molar-refractivity contribution in [1.29, 1.82) is 0 Å². The largest absolute Gasteiger partial charge is 0.393 e. The summed E-state index contributed by atoms with van der Waals surface area (Å²) in [5.74, 6) is -0.312. The van der Waals surface area contributed by atoms with Gasteiger partial charge in [-0.3, -0.25) is 9.88 Å². The molecule has 0 fully saturated rings. The summed E-state index contributed by atoms with van der Waals surface area (Å²) in [6.45, 7) is 2.67. The Hall–Kier alpha value is -1.07. The molecule has 0 amide bonds. The molecule has 0 aliphatic carbocycles. The molecule has 1 heterocycles. The van der Waals surface area contributed by atoms with E-state index in [-0.39, 0.29) is 11.9 Å². The number of aromatic nitrogens is 1. The second-order valence-electron chi connectivity index (χ2n) is 3.95. The van der Waals surface area contributed by atoms with Crippen LogP contribution in [0.1, 0.15) is 18.9 Å². The molecule has 0 radical (unpaired) electrons. The molecule has 1 aromatic heterocycles. The van der Waals surface area contributed by atoms with Crippen LogP contribution in [0.25, 0.3) is 0 Å². The fourth-order valence-corrected chi connectivity index (χ4v) is 1.67. The highest BCUT2D eigenvalue weighted by Crippen LogP contribution is 2.08. The molecule has 2 N–H and O–H groups in total. The Morgan fingerprint density at radius 1 is 1.62 bits per heavy atom. The molecule has 16 heavy (non-hydrogen) atoms. The zero-order chi connectivity index (χ0) is 12.1. The molecular weight excluding hydrogens is 225 g/mol. The van der Waals surface area contributed by atoms with E-state index in [1.54, 1.807) is 6.20 Å². The SMILES string of the molecule is CC(CC(N)=S)N(C)Cc1cncc(F)c1. The Kier molecular flexibility index (Phi) is 4.76. The molecule has 0 spiro atoms. The van der Waals surface area contributed by atoms with Gasteiger partial charge in [-0.1, -0.05) is 12.2 Å². The molecule has 0 saturated heterocycles. The lowest BCUT2D eigenvalue weighted by Gasteiger charge is -2.24. The predicted octanol–water partition coefficient (Wildman–Crippen LogP) is 1.72. The molecule has 1 unspecified atom stereocenters. The van der Waals surface area contributed by atoms with E-state index in [4.69, 9.17) is 18.0 Å². The van der Waals surface area contributed by atoms with Crippen molar-refractivity contribution in [3.63, 3.8) is 0 Å². The molecule has 1 atom stereocenters. The normalized spacial score (nSPS) is 12.8. The smallest absolute Gasteiger partial charge is 0.141 e. The lowest BCUT2D eigenvalue weighted by molar-refractivity contribution is 0.254. The molecule has 0 bridgehead atoms. The van der Waals surface area contributed by atoms with Crippen molar-refractivity contribution in [2.45, 2.75) is 25.9 Å². The van der Waals surface area contributed by atoms with E-state index >= 15 is 0 Å². The number of hydrogen-bond acceptors (Lipinski definition) is 3. The Bertz CT molecular complexity index is 370. The molecule has 0 aromatic carbocycles. The van der Waals surface area contributed by atoms with Gasteiger partial charge in [0.2, 0.25) is 0 Å². The van der Waals surface area contributed by atoms with Crippen molar-refractivity contribution < 1.29 is 4.39 Å². The maximum absolute atomic E-state index is 12.9. The average Bonchev–Trinajstić information content (AvgIpc) is 2.16. The predicted molar refractivity (Wildman–Crippen MR) is 66.5 cm³/mol. The van der Waals surface area contributed by atoms with Crippen LogP contribution in [0.5, 0.6) is 0 Å². The maximum Gasteiger partial charge on any atom is 0.141 e. The fourth-order valence-electron chi connectivity index (χ4n) is 1.43. The first-order chi connectivity index (χ1) is 7.49. The lowest BCUT2D eigenvalue weighted by atomic mass is 10.2. The second-order valence-corrected chi connectivity index (χ2v) is 4.47. The van der Waals surface area contributed by atoms with Gasteiger partial charge in [0.15, 0.2) is 0 Å². The topological polar surface area (TPSA) is 42.1 Å². The quantitative estimate of drug-likeness (QED) is 0.797. The van der Waals surface area contributed by atoms with E-state index in [0.717, 1.165) is 5.56 Å². The van der Waals surface area contributed by atoms with Crippen molar-refractivity contribution in [3.8, 4) is 0 Å². The standard InChI is InChI=1S/C11H16FN3S/c1-8(3-11(13)16)15(2)7-9-4-10(12)6-14-5-9/h4-6,8H,3,7H2,1-2H3,(H2,13,16). The summed E-state index contributed by atoms with van der Waals surface area (Å²) in [5, 5.41) is 0. The van der Waals surface area contributed by atoms with Crippen LogP contribution < -0.4 is 5.73 Å². The number of nitrogens with two attached hydrogens (primary N) is 1. The molecule has 0 aliphatic rings. The van der Waals surface area contributed by atoms with E-state index in [9.17, 15) is 4.39 Å². The van der Waals surface area contributed by atoms with E-state index < -0.39 is 0 Å². The summed E-state index contributed by atoms with van der Waals surface area (Å²) in [7, 11) is 1.95. The van der Waals surface area contributed by atoms with Crippen LogP contribution in [0, 0.1) is 5.82 Å². The number of hydrogen-bond donors (Lipinski definition) is 1. The Morgan fingerprint density at radius 2 is 2.31 bits per heavy atom. The van der Waals surface area contributed by atoms with E-state index in [0.29, 0.717) is 18.0 Å². The lowest BCUT2D eigenvalue weighted by Crippen LogP contribution is -2.32. The van der Waals surface area contributed by atoms with E-state index in [1.807, 2.05) is 14.0 Å². The molecule has 88 valence electrons. The molecule has 0 saturated carbocycles. The first-order valence-electron chi connectivity index (χ1n) is 5.07. The zero-order valence-corrected chi connectivity index (χ0v) is 10.3. The van der Waals surface area contributed by atoms with Crippen molar-refractivity contribution in [2.75, 3.05) is 7.05 Å². The second kappa shape index (κ2) is 5.86. The van der Waals surface area contributed by atoms with Crippen molar-refractivity contribution in [3.05, 3.63) is 29.8 Å². The summed E-state index contributed by atoms with van der Waals surface area (Å²) in [4.78, 5) is 6.37. The number of halogens is 1. The Morgan fingerprint density at radius 3 is 2.88 bits per heavy atom. The van der Waals surface area contributed by atoms with Crippen LogP contribution in [0.4, 0.5) is 4.39 Å².